The highest BCUT2D eigenvalue weighted by Crippen LogP contribution is 2.50. The third kappa shape index (κ3) is 1.65. The molecule has 3 fully saturated rings. The molecule has 2 heterocycles. The van der Waals surface area contributed by atoms with Crippen molar-refractivity contribution in [3.63, 3.8) is 0 Å². The van der Waals surface area contributed by atoms with Crippen LogP contribution < -0.4 is 5.32 Å². The van der Waals surface area contributed by atoms with Crippen molar-refractivity contribution in [1.82, 2.24) is 10.2 Å². The lowest BCUT2D eigenvalue weighted by molar-refractivity contribution is -0.134. The van der Waals surface area contributed by atoms with Crippen LogP contribution in [0.5, 0.6) is 0 Å². The number of amides is 1. The normalized spacial score (nSPS) is 38.1. The van der Waals surface area contributed by atoms with Crippen molar-refractivity contribution in [2.24, 2.45) is 5.41 Å². The monoisotopic (exact) mass is 247 g/mol. The number of hydrogen-bond acceptors (Lipinski definition) is 3. The molecule has 2 aliphatic heterocycles. The van der Waals surface area contributed by atoms with E-state index in [2.05, 4.69) is 30.1 Å². The van der Waals surface area contributed by atoms with E-state index < -0.39 is 0 Å². The number of piperidine rings is 1. The van der Waals surface area contributed by atoms with E-state index in [4.69, 9.17) is 0 Å². The highest BCUT2D eigenvalue weighted by Gasteiger charge is 2.57. The molecular weight excluding hydrogens is 226 g/mol. The molecule has 4 nitrogen and oxygen atoms in total. The molecular formula is C14H21N3O. The van der Waals surface area contributed by atoms with Crippen LogP contribution >= 0.6 is 0 Å². The molecule has 0 unspecified atom stereocenters. The van der Waals surface area contributed by atoms with E-state index in [1.807, 2.05) is 0 Å². The van der Waals surface area contributed by atoms with Gasteiger partial charge in [-0.25, -0.2) is 0 Å². The predicted octanol–water partition coefficient (Wildman–Crippen LogP) is 1.42. The van der Waals surface area contributed by atoms with Crippen molar-refractivity contribution in [3.8, 4) is 6.07 Å². The molecule has 1 saturated carbocycles. The third-order valence-electron chi connectivity index (χ3n) is 5.08. The molecule has 4 heteroatoms. The number of carbonyl (C=O) groups is 1. The van der Waals surface area contributed by atoms with Gasteiger partial charge in [0.2, 0.25) is 5.91 Å². The zero-order valence-electron chi connectivity index (χ0n) is 11.2. The lowest BCUT2D eigenvalue weighted by atomic mass is 9.75. The Morgan fingerprint density at radius 3 is 2.50 bits per heavy atom. The van der Waals surface area contributed by atoms with Gasteiger partial charge in [0.05, 0.1) is 17.5 Å². The van der Waals surface area contributed by atoms with Crippen LogP contribution in [-0.4, -0.2) is 35.0 Å². The highest BCUT2D eigenvalue weighted by molar-refractivity contribution is 5.85. The first-order chi connectivity index (χ1) is 8.50. The first kappa shape index (κ1) is 12.0. The van der Waals surface area contributed by atoms with E-state index in [9.17, 15) is 10.1 Å². The Morgan fingerprint density at radius 1 is 1.39 bits per heavy atom. The van der Waals surface area contributed by atoms with E-state index in [1.54, 1.807) is 0 Å². The fraction of sp³-hybridized carbons (Fsp3) is 0.857. The summed E-state index contributed by atoms with van der Waals surface area (Å²) in [6.45, 7) is 4.96. The Bertz CT molecular complexity index is 421. The second kappa shape index (κ2) is 3.71. The highest BCUT2D eigenvalue weighted by atomic mass is 16.2. The van der Waals surface area contributed by atoms with E-state index >= 15 is 0 Å². The summed E-state index contributed by atoms with van der Waals surface area (Å²) in [5.41, 5.74) is -0.145. The average molecular weight is 247 g/mol. The minimum Gasteiger partial charge on any atom is -0.350 e. The molecule has 1 amide bonds. The molecule has 1 aliphatic carbocycles. The molecule has 3 aliphatic rings. The molecule has 2 atom stereocenters. The number of carbonyl (C=O) groups excluding carboxylic acids is 1. The van der Waals surface area contributed by atoms with E-state index in [0.29, 0.717) is 12.5 Å². The first-order valence-corrected chi connectivity index (χ1v) is 6.98. The Morgan fingerprint density at radius 2 is 2.06 bits per heavy atom. The smallest absolute Gasteiger partial charge is 0.228 e. The first-order valence-electron chi connectivity index (χ1n) is 6.98. The van der Waals surface area contributed by atoms with Crippen molar-refractivity contribution in [3.05, 3.63) is 0 Å². The molecule has 0 aromatic carbocycles. The van der Waals surface area contributed by atoms with Crippen molar-refractivity contribution in [2.75, 3.05) is 6.54 Å². The van der Waals surface area contributed by atoms with Crippen LogP contribution in [0.1, 0.15) is 46.0 Å². The van der Waals surface area contributed by atoms with Gasteiger partial charge in [-0.15, -0.1) is 0 Å². The van der Waals surface area contributed by atoms with Gasteiger partial charge >= 0.3 is 0 Å². The van der Waals surface area contributed by atoms with E-state index in [-0.39, 0.29) is 22.9 Å². The number of nitrogens with zero attached hydrogens (tertiary/aromatic N) is 2. The van der Waals surface area contributed by atoms with Crippen LogP contribution in [0.3, 0.4) is 0 Å². The molecule has 0 aromatic heterocycles. The topological polar surface area (TPSA) is 56.1 Å². The van der Waals surface area contributed by atoms with Gasteiger partial charge in [-0.05, 0) is 46.0 Å². The third-order valence-corrected chi connectivity index (χ3v) is 5.08. The SMILES string of the molecule is CC(C)N1C[C@]2(CCC3(CC3)NC2=O)C[C@H]1C#N. The van der Waals surface area contributed by atoms with Crippen molar-refractivity contribution >= 4 is 5.91 Å². The Kier molecular flexibility index (Phi) is 2.47. The number of rotatable bonds is 1. The van der Waals surface area contributed by atoms with Gasteiger partial charge < -0.3 is 5.32 Å². The summed E-state index contributed by atoms with van der Waals surface area (Å²) in [5.74, 6) is 0.203. The number of nitrogens with one attached hydrogen (secondary N) is 1. The fourth-order valence-electron chi connectivity index (χ4n) is 3.57. The summed E-state index contributed by atoms with van der Waals surface area (Å²) in [4.78, 5) is 14.6. The number of hydrogen-bond donors (Lipinski definition) is 1. The van der Waals surface area contributed by atoms with Crippen molar-refractivity contribution in [1.29, 1.82) is 5.26 Å². The molecule has 0 radical (unpaired) electrons. The van der Waals surface area contributed by atoms with Crippen molar-refractivity contribution in [2.45, 2.75) is 63.6 Å². The molecule has 1 N–H and O–H groups in total. The second-order valence-electron chi connectivity index (χ2n) is 6.63. The number of likely N-dealkylation sites (tertiary alicyclic amines) is 1. The fourth-order valence-corrected chi connectivity index (χ4v) is 3.57. The summed E-state index contributed by atoms with van der Waals surface area (Å²) >= 11 is 0. The molecule has 0 aromatic rings. The minimum atomic E-state index is -0.293. The van der Waals surface area contributed by atoms with Crippen LogP contribution in [0.2, 0.25) is 0 Å². The van der Waals surface area contributed by atoms with Crippen LogP contribution in [0.15, 0.2) is 0 Å². The summed E-state index contributed by atoms with van der Waals surface area (Å²) < 4.78 is 0. The van der Waals surface area contributed by atoms with Crippen molar-refractivity contribution < 1.29 is 4.79 Å². The largest absolute Gasteiger partial charge is 0.350 e. The van der Waals surface area contributed by atoms with Gasteiger partial charge in [0.1, 0.15) is 0 Å². The van der Waals surface area contributed by atoms with Gasteiger partial charge in [0.25, 0.3) is 0 Å². The lowest BCUT2D eigenvalue weighted by Crippen LogP contribution is -2.53. The molecule has 18 heavy (non-hydrogen) atoms. The van der Waals surface area contributed by atoms with Gasteiger partial charge in [-0.3, -0.25) is 9.69 Å². The molecule has 3 rings (SSSR count). The van der Waals surface area contributed by atoms with Crippen LogP contribution in [0.25, 0.3) is 0 Å². The Hall–Kier alpha value is -1.08. The van der Waals surface area contributed by atoms with E-state index in [0.717, 1.165) is 32.2 Å². The van der Waals surface area contributed by atoms with Gasteiger partial charge in [-0.1, -0.05) is 0 Å². The van der Waals surface area contributed by atoms with Crippen LogP contribution in [0.4, 0.5) is 0 Å². The second-order valence-corrected chi connectivity index (χ2v) is 6.63. The molecule has 2 saturated heterocycles. The molecule has 0 bridgehead atoms. The maximum absolute atomic E-state index is 12.5. The van der Waals surface area contributed by atoms with Gasteiger partial charge in [-0.2, -0.15) is 5.26 Å². The Labute approximate surface area is 108 Å². The van der Waals surface area contributed by atoms with Gasteiger partial charge in [0, 0.05) is 18.1 Å². The molecule has 2 spiro atoms. The number of nitriles is 1. The minimum absolute atomic E-state index is 0.0935. The summed E-state index contributed by atoms with van der Waals surface area (Å²) in [6.07, 6.45) is 5.06. The van der Waals surface area contributed by atoms with E-state index in [1.165, 1.54) is 0 Å². The quantitative estimate of drug-likeness (QED) is 0.762. The summed E-state index contributed by atoms with van der Waals surface area (Å²) in [5, 5.41) is 12.5. The van der Waals surface area contributed by atoms with Crippen LogP contribution in [0, 0.1) is 16.7 Å². The maximum Gasteiger partial charge on any atom is 0.228 e. The average Bonchev–Trinajstić information content (AvgIpc) is 2.97. The summed E-state index contributed by atoms with van der Waals surface area (Å²) in [7, 11) is 0. The standard InChI is InChI=1S/C14H21N3O/c1-10(2)17-9-13(7-11(17)8-15)3-4-14(5-6-14)16-12(13)18/h10-11H,3-7,9H2,1-2H3,(H,16,18)/t11-,13-/m0/s1. The Balaban J connectivity index is 1.80. The van der Waals surface area contributed by atoms with Crippen LogP contribution in [-0.2, 0) is 4.79 Å². The zero-order chi connectivity index (χ0) is 13.0. The van der Waals surface area contributed by atoms with Gasteiger partial charge in [0.15, 0.2) is 0 Å². The zero-order valence-corrected chi connectivity index (χ0v) is 11.2. The lowest BCUT2D eigenvalue weighted by Gasteiger charge is -2.37. The maximum atomic E-state index is 12.5. The molecule has 98 valence electrons. The predicted molar refractivity (Wildman–Crippen MR) is 67.6 cm³/mol. The summed E-state index contributed by atoms with van der Waals surface area (Å²) in [6, 6.07) is 2.61.